The fraction of sp³-hybridized carbons (Fsp3) is 0.562. The van der Waals surface area contributed by atoms with Crippen LogP contribution in [0.5, 0.6) is 0 Å². The Kier molecular flexibility index (Phi) is 5.40. The van der Waals surface area contributed by atoms with Crippen LogP contribution in [0.3, 0.4) is 0 Å². The van der Waals surface area contributed by atoms with Gasteiger partial charge in [-0.3, -0.25) is 4.79 Å². The zero-order valence-corrected chi connectivity index (χ0v) is 12.6. The SMILES string of the molecule is CC(C)c1cccc(NCCC(=O)OC(C)(C)C)c1. The summed E-state index contributed by atoms with van der Waals surface area (Å²) in [5.74, 6) is 0.340. The summed E-state index contributed by atoms with van der Waals surface area (Å²) in [6.07, 6.45) is 0.378. The molecule has 3 nitrogen and oxygen atoms in total. The standard InChI is InChI=1S/C16H25NO2/c1-12(2)13-7-6-8-14(11-13)17-10-9-15(18)19-16(3,4)5/h6-8,11-12,17H,9-10H2,1-5H3. The van der Waals surface area contributed by atoms with Gasteiger partial charge < -0.3 is 10.1 Å². The number of carbonyl (C=O) groups is 1. The third-order valence-electron chi connectivity index (χ3n) is 2.63. The first kappa shape index (κ1) is 15.5. The molecular weight excluding hydrogens is 238 g/mol. The summed E-state index contributed by atoms with van der Waals surface area (Å²) in [5.41, 5.74) is 1.94. The average molecular weight is 263 g/mol. The molecule has 0 saturated carbocycles. The van der Waals surface area contributed by atoms with Gasteiger partial charge in [0.05, 0.1) is 6.42 Å². The van der Waals surface area contributed by atoms with E-state index in [1.165, 1.54) is 5.56 Å². The van der Waals surface area contributed by atoms with Gasteiger partial charge in [-0.05, 0) is 44.4 Å². The molecule has 0 bridgehead atoms. The van der Waals surface area contributed by atoms with Gasteiger partial charge in [0, 0.05) is 12.2 Å². The third kappa shape index (κ3) is 6.27. The molecular formula is C16H25NO2. The summed E-state index contributed by atoms with van der Waals surface area (Å²) < 4.78 is 5.26. The van der Waals surface area contributed by atoms with Crippen LogP contribution in [0, 0.1) is 0 Å². The number of benzene rings is 1. The lowest BCUT2D eigenvalue weighted by Crippen LogP contribution is -2.25. The first-order chi connectivity index (χ1) is 8.78. The van der Waals surface area contributed by atoms with Crippen LogP contribution in [0.2, 0.25) is 0 Å². The predicted octanol–water partition coefficient (Wildman–Crippen LogP) is 3.95. The Morgan fingerprint density at radius 3 is 2.58 bits per heavy atom. The Balaban J connectivity index is 2.41. The predicted molar refractivity (Wildman–Crippen MR) is 79.5 cm³/mol. The van der Waals surface area contributed by atoms with E-state index in [4.69, 9.17) is 4.74 Å². The van der Waals surface area contributed by atoms with E-state index >= 15 is 0 Å². The van der Waals surface area contributed by atoms with Crippen LogP contribution in [-0.4, -0.2) is 18.1 Å². The smallest absolute Gasteiger partial charge is 0.308 e. The normalized spacial score (nSPS) is 11.5. The molecule has 0 heterocycles. The molecule has 1 rings (SSSR count). The molecule has 0 aliphatic rings. The molecule has 0 amide bonds. The number of rotatable bonds is 5. The van der Waals surface area contributed by atoms with E-state index in [0.29, 0.717) is 18.9 Å². The third-order valence-corrected chi connectivity index (χ3v) is 2.63. The number of hydrogen-bond acceptors (Lipinski definition) is 3. The molecule has 1 aromatic carbocycles. The zero-order valence-electron chi connectivity index (χ0n) is 12.6. The Morgan fingerprint density at radius 1 is 1.32 bits per heavy atom. The first-order valence-electron chi connectivity index (χ1n) is 6.83. The minimum Gasteiger partial charge on any atom is -0.460 e. The topological polar surface area (TPSA) is 38.3 Å². The Labute approximate surface area is 116 Å². The van der Waals surface area contributed by atoms with Gasteiger partial charge in [-0.15, -0.1) is 0 Å². The average Bonchev–Trinajstić information content (AvgIpc) is 2.27. The molecule has 0 aliphatic heterocycles. The second-order valence-electron chi connectivity index (χ2n) is 6.04. The van der Waals surface area contributed by atoms with E-state index in [1.807, 2.05) is 32.9 Å². The van der Waals surface area contributed by atoms with Crippen LogP contribution in [0.1, 0.15) is 52.5 Å². The number of hydrogen-bond donors (Lipinski definition) is 1. The summed E-state index contributed by atoms with van der Waals surface area (Å²) in [5, 5.41) is 3.26. The number of esters is 1. The molecule has 0 fully saturated rings. The molecule has 0 radical (unpaired) electrons. The van der Waals surface area contributed by atoms with Crippen molar-refractivity contribution < 1.29 is 9.53 Å². The van der Waals surface area contributed by atoms with Crippen molar-refractivity contribution in [3.05, 3.63) is 29.8 Å². The molecule has 0 spiro atoms. The van der Waals surface area contributed by atoms with Gasteiger partial charge in [0.25, 0.3) is 0 Å². The van der Waals surface area contributed by atoms with Crippen molar-refractivity contribution in [2.45, 2.75) is 52.6 Å². The van der Waals surface area contributed by atoms with E-state index in [0.717, 1.165) is 5.69 Å². The molecule has 0 atom stereocenters. The van der Waals surface area contributed by atoms with Gasteiger partial charge in [0.1, 0.15) is 5.60 Å². The highest BCUT2D eigenvalue weighted by Gasteiger charge is 2.15. The number of nitrogens with one attached hydrogen (secondary N) is 1. The van der Waals surface area contributed by atoms with Crippen molar-refractivity contribution in [1.29, 1.82) is 0 Å². The van der Waals surface area contributed by atoms with Crippen LogP contribution in [0.15, 0.2) is 24.3 Å². The second-order valence-corrected chi connectivity index (χ2v) is 6.04. The van der Waals surface area contributed by atoms with Gasteiger partial charge >= 0.3 is 5.97 Å². The highest BCUT2D eigenvalue weighted by molar-refractivity contribution is 5.70. The summed E-state index contributed by atoms with van der Waals surface area (Å²) in [4.78, 5) is 11.6. The maximum Gasteiger partial charge on any atom is 0.308 e. The highest BCUT2D eigenvalue weighted by Crippen LogP contribution is 2.18. The quantitative estimate of drug-likeness (QED) is 0.817. The second kappa shape index (κ2) is 6.60. The lowest BCUT2D eigenvalue weighted by molar-refractivity contribution is -0.154. The molecule has 3 heteroatoms. The maximum absolute atomic E-state index is 11.6. The van der Waals surface area contributed by atoms with E-state index in [1.54, 1.807) is 0 Å². The lowest BCUT2D eigenvalue weighted by Gasteiger charge is -2.19. The molecule has 0 aromatic heterocycles. The minimum atomic E-state index is -0.408. The van der Waals surface area contributed by atoms with Crippen molar-refractivity contribution in [3.8, 4) is 0 Å². The Bertz CT molecular complexity index is 419. The lowest BCUT2D eigenvalue weighted by atomic mass is 10.0. The molecule has 19 heavy (non-hydrogen) atoms. The van der Waals surface area contributed by atoms with Crippen molar-refractivity contribution in [1.82, 2.24) is 0 Å². The summed E-state index contributed by atoms with van der Waals surface area (Å²) in [7, 11) is 0. The van der Waals surface area contributed by atoms with E-state index < -0.39 is 5.60 Å². The molecule has 0 aliphatic carbocycles. The van der Waals surface area contributed by atoms with Crippen LogP contribution < -0.4 is 5.32 Å². The largest absolute Gasteiger partial charge is 0.460 e. The van der Waals surface area contributed by atoms with Crippen molar-refractivity contribution in [2.75, 3.05) is 11.9 Å². The van der Waals surface area contributed by atoms with Gasteiger partial charge in [0.2, 0.25) is 0 Å². The summed E-state index contributed by atoms with van der Waals surface area (Å²) in [6.45, 7) is 10.6. The van der Waals surface area contributed by atoms with Crippen molar-refractivity contribution in [3.63, 3.8) is 0 Å². The van der Waals surface area contributed by atoms with Crippen molar-refractivity contribution >= 4 is 11.7 Å². The number of anilines is 1. The van der Waals surface area contributed by atoms with Crippen LogP contribution >= 0.6 is 0 Å². The van der Waals surface area contributed by atoms with Gasteiger partial charge in [0.15, 0.2) is 0 Å². The molecule has 0 saturated heterocycles. The van der Waals surface area contributed by atoms with Crippen LogP contribution in [-0.2, 0) is 9.53 Å². The highest BCUT2D eigenvalue weighted by atomic mass is 16.6. The summed E-state index contributed by atoms with van der Waals surface area (Å²) >= 11 is 0. The van der Waals surface area contributed by atoms with Gasteiger partial charge in [-0.2, -0.15) is 0 Å². The molecule has 106 valence electrons. The molecule has 1 aromatic rings. The first-order valence-corrected chi connectivity index (χ1v) is 6.83. The zero-order chi connectivity index (χ0) is 14.5. The number of ether oxygens (including phenoxy) is 1. The Hall–Kier alpha value is -1.51. The minimum absolute atomic E-state index is 0.167. The maximum atomic E-state index is 11.6. The Morgan fingerprint density at radius 2 is 2.00 bits per heavy atom. The monoisotopic (exact) mass is 263 g/mol. The molecule has 0 unspecified atom stereocenters. The van der Waals surface area contributed by atoms with Gasteiger partial charge in [-0.25, -0.2) is 0 Å². The van der Waals surface area contributed by atoms with E-state index in [-0.39, 0.29) is 5.97 Å². The van der Waals surface area contributed by atoms with Crippen LogP contribution in [0.4, 0.5) is 5.69 Å². The van der Waals surface area contributed by atoms with Gasteiger partial charge in [-0.1, -0.05) is 26.0 Å². The fourth-order valence-corrected chi connectivity index (χ4v) is 1.71. The van der Waals surface area contributed by atoms with E-state index in [9.17, 15) is 4.79 Å². The van der Waals surface area contributed by atoms with Crippen LogP contribution in [0.25, 0.3) is 0 Å². The van der Waals surface area contributed by atoms with Crippen molar-refractivity contribution in [2.24, 2.45) is 0 Å². The number of carbonyl (C=O) groups excluding carboxylic acids is 1. The van der Waals surface area contributed by atoms with E-state index in [2.05, 4.69) is 31.3 Å². The molecule has 1 N–H and O–H groups in total. The summed E-state index contributed by atoms with van der Waals surface area (Å²) in [6, 6.07) is 8.29. The fourth-order valence-electron chi connectivity index (χ4n) is 1.71.